The smallest absolute Gasteiger partial charge is 0.226 e. The molecule has 4 rings (SSSR count). The highest BCUT2D eigenvalue weighted by Gasteiger charge is 2.28. The molecule has 2 aromatic carbocycles. The molecule has 0 unspecified atom stereocenters. The van der Waals surface area contributed by atoms with Crippen molar-refractivity contribution in [3.8, 4) is 0 Å². The molecule has 2 aromatic rings. The molecule has 5 heteroatoms. The standard InChI is InChI=1S/C24H26N2O2S/c1-17(27)26-15-14-18-6-2-5-9-22(18)23(26)16-24(28)25-19-10-12-21(13-11-19)29-20-7-3-4-8-20/h2,5-6,9-15,20,23H,3-4,7-8,16H2,1H3,(H,25,28)/t23-/m1/s1. The van der Waals surface area contributed by atoms with Gasteiger partial charge in [-0.2, -0.15) is 0 Å². The maximum absolute atomic E-state index is 12.7. The number of carbonyl (C=O) groups is 2. The molecule has 1 aliphatic heterocycles. The number of nitrogens with one attached hydrogen (secondary N) is 1. The number of hydrogen-bond donors (Lipinski definition) is 1. The summed E-state index contributed by atoms with van der Waals surface area (Å²) in [6.07, 6.45) is 9.19. The van der Waals surface area contributed by atoms with Crippen molar-refractivity contribution in [1.29, 1.82) is 0 Å². The maximum atomic E-state index is 12.7. The van der Waals surface area contributed by atoms with E-state index in [4.69, 9.17) is 0 Å². The van der Waals surface area contributed by atoms with Gasteiger partial charge < -0.3 is 10.2 Å². The molecule has 0 aromatic heterocycles. The number of benzene rings is 2. The minimum absolute atomic E-state index is 0.0677. The van der Waals surface area contributed by atoms with Crippen molar-refractivity contribution in [1.82, 2.24) is 4.90 Å². The molecule has 0 spiro atoms. The van der Waals surface area contributed by atoms with Gasteiger partial charge in [-0.3, -0.25) is 9.59 Å². The van der Waals surface area contributed by atoms with E-state index in [1.165, 1.54) is 37.5 Å². The lowest BCUT2D eigenvalue weighted by atomic mass is 9.93. The summed E-state index contributed by atoms with van der Waals surface area (Å²) in [7, 11) is 0. The lowest BCUT2D eigenvalue weighted by Crippen LogP contribution is -2.33. The fourth-order valence-electron chi connectivity index (χ4n) is 4.12. The average molecular weight is 407 g/mol. The molecule has 1 heterocycles. The third-order valence-corrected chi connectivity index (χ3v) is 6.94. The molecule has 1 N–H and O–H groups in total. The average Bonchev–Trinajstić information content (AvgIpc) is 3.22. The van der Waals surface area contributed by atoms with Crippen LogP contribution in [-0.2, 0) is 9.59 Å². The van der Waals surface area contributed by atoms with Crippen LogP contribution in [0.3, 0.4) is 0 Å². The Morgan fingerprint density at radius 1 is 1.07 bits per heavy atom. The molecule has 2 aliphatic rings. The fourth-order valence-corrected chi connectivity index (χ4v) is 5.36. The molecular formula is C24H26N2O2S. The van der Waals surface area contributed by atoms with Gasteiger partial charge in [0.1, 0.15) is 0 Å². The fraction of sp³-hybridized carbons (Fsp3) is 0.333. The van der Waals surface area contributed by atoms with E-state index in [1.54, 1.807) is 11.1 Å². The minimum Gasteiger partial charge on any atom is -0.326 e. The Labute approximate surface area is 176 Å². The van der Waals surface area contributed by atoms with Crippen LogP contribution < -0.4 is 5.32 Å². The quantitative estimate of drug-likeness (QED) is 0.701. The minimum atomic E-state index is -0.286. The van der Waals surface area contributed by atoms with Crippen molar-refractivity contribution in [3.63, 3.8) is 0 Å². The molecule has 0 saturated heterocycles. The van der Waals surface area contributed by atoms with Gasteiger partial charge in [-0.05, 0) is 54.3 Å². The first kappa shape index (κ1) is 19.8. The second-order valence-corrected chi connectivity index (χ2v) is 9.06. The molecule has 1 saturated carbocycles. The monoisotopic (exact) mass is 406 g/mol. The summed E-state index contributed by atoms with van der Waals surface area (Å²) in [6.45, 7) is 1.53. The second-order valence-electron chi connectivity index (χ2n) is 7.69. The number of thioether (sulfide) groups is 1. The second kappa shape index (κ2) is 8.87. The van der Waals surface area contributed by atoms with Crippen LogP contribution in [0, 0.1) is 0 Å². The summed E-state index contributed by atoms with van der Waals surface area (Å²) in [6, 6.07) is 15.7. The predicted octanol–water partition coefficient (Wildman–Crippen LogP) is 5.62. The van der Waals surface area contributed by atoms with Crippen molar-refractivity contribution in [3.05, 3.63) is 65.9 Å². The SMILES string of the molecule is CC(=O)N1C=Cc2ccccc2[C@H]1CC(=O)Nc1ccc(SC2CCCC2)cc1. The molecular weight excluding hydrogens is 380 g/mol. The Morgan fingerprint density at radius 3 is 2.52 bits per heavy atom. The van der Waals surface area contributed by atoms with Gasteiger partial charge in [0, 0.05) is 29.0 Å². The highest BCUT2D eigenvalue weighted by molar-refractivity contribution is 8.00. The molecule has 29 heavy (non-hydrogen) atoms. The van der Waals surface area contributed by atoms with Gasteiger partial charge in [0.25, 0.3) is 0 Å². The van der Waals surface area contributed by atoms with Gasteiger partial charge in [-0.15, -0.1) is 11.8 Å². The zero-order chi connectivity index (χ0) is 20.2. The van der Waals surface area contributed by atoms with Crippen LogP contribution in [0.5, 0.6) is 0 Å². The lowest BCUT2D eigenvalue weighted by Gasteiger charge is -2.32. The van der Waals surface area contributed by atoms with Crippen molar-refractivity contribution in [2.24, 2.45) is 0 Å². The highest BCUT2D eigenvalue weighted by Crippen LogP contribution is 2.35. The first-order valence-electron chi connectivity index (χ1n) is 10.2. The predicted molar refractivity (Wildman–Crippen MR) is 119 cm³/mol. The molecule has 2 amide bonds. The van der Waals surface area contributed by atoms with Gasteiger partial charge >= 0.3 is 0 Å². The van der Waals surface area contributed by atoms with Crippen LogP contribution in [0.25, 0.3) is 6.08 Å². The summed E-state index contributed by atoms with van der Waals surface area (Å²) in [5, 5.41) is 3.72. The van der Waals surface area contributed by atoms with Crippen LogP contribution in [0.4, 0.5) is 5.69 Å². The molecule has 0 bridgehead atoms. The van der Waals surface area contributed by atoms with E-state index in [2.05, 4.69) is 17.4 Å². The Balaban J connectivity index is 1.41. The van der Waals surface area contributed by atoms with Crippen LogP contribution >= 0.6 is 11.8 Å². The van der Waals surface area contributed by atoms with Crippen molar-refractivity contribution in [2.75, 3.05) is 5.32 Å². The summed E-state index contributed by atoms with van der Waals surface area (Å²) in [5.74, 6) is -0.163. The van der Waals surface area contributed by atoms with Crippen molar-refractivity contribution >= 4 is 35.3 Å². The molecule has 1 fully saturated rings. The number of fused-ring (bicyclic) bond motifs is 1. The number of amides is 2. The van der Waals surface area contributed by atoms with Gasteiger partial charge in [0.05, 0.1) is 12.5 Å². The van der Waals surface area contributed by atoms with Crippen LogP contribution in [0.1, 0.15) is 56.2 Å². The Morgan fingerprint density at radius 2 is 1.79 bits per heavy atom. The topological polar surface area (TPSA) is 49.4 Å². The van der Waals surface area contributed by atoms with E-state index in [9.17, 15) is 9.59 Å². The van der Waals surface area contributed by atoms with E-state index in [0.29, 0.717) is 0 Å². The van der Waals surface area contributed by atoms with Crippen LogP contribution in [-0.4, -0.2) is 22.0 Å². The third kappa shape index (κ3) is 4.73. The molecule has 0 radical (unpaired) electrons. The zero-order valence-corrected chi connectivity index (χ0v) is 17.5. The maximum Gasteiger partial charge on any atom is 0.226 e. The van der Waals surface area contributed by atoms with E-state index < -0.39 is 0 Å². The molecule has 1 atom stereocenters. The van der Waals surface area contributed by atoms with Crippen molar-refractivity contribution in [2.45, 2.75) is 55.2 Å². The number of anilines is 1. The molecule has 1 aliphatic carbocycles. The molecule has 4 nitrogen and oxygen atoms in total. The van der Waals surface area contributed by atoms with E-state index in [0.717, 1.165) is 22.1 Å². The summed E-state index contributed by atoms with van der Waals surface area (Å²) in [4.78, 5) is 27.7. The summed E-state index contributed by atoms with van der Waals surface area (Å²) >= 11 is 1.94. The third-order valence-electron chi connectivity index (χ3n) is 5.59. The zero-order valence-electron chi connectivity index (χ0n) is 16.6. The van der Waals surface area contributed by atoms with E-state index >= 15 is 0 Å². The van der Waals surface area contributed by atoms with E-state index in [1.807, 2.05) is 54.2 Å². The van der Waals surface area contributed by atoms with Crippen LogP contribution in [0.15, 0.2) is 59.6 Å². The Bertz CT molecular complexity index is 917. The number of rotatable bonds is 5. The van der Waals surface area contributed by atoms with Gasteiger partial charge in [0.2, 0.25) is 11.8 Å². The van der Waals surface area contributed by atoms with E-state index in [-0.39, 0.29) is 24.3 Å². The van der Waals surface area contributed by atoms with Gasteiger partial charge in [-0.25, -0.2) is 0 Å². The normalized spacial score (nSPS) is 18.5. The Hall–Kier alpha value is -2.53. The van der Waals surface area contributed by atoms with Gasteiger partial charge in [0.15, 0.2) is 0 Å². The first-order chi connectivity index (χ1) is 14.1. The first-order valence-corrected chi connectivity index (χ1v) is 11.1. The van der Waals surface area contributed by atoms with Crippen molar-refractivity contribution < 1.29 is 9.59 Å². The number of carbonyl (C=O) groups excluding carboxylic acids is 2. The van der Waals surface area contributed by atoms with Gasteiger partial charge in [-0.1, -0.05) is 37.1 Å². The van der Waals surface area contributed by atoms with Crippen LogP contribution in [0.2, 0.25) is 0 Å². The molecule has 150 valence electrons. The lowest BCUT2D eigenvalue weighted by molar-refractivity contribution is -0.129. The number of hydrogen-bond acceptors (Lipinski definition) is 3. The largest absolute Gasteiger partial charge is 0.326 e. The summed E-state index contributed by atoms with van der Waals surface area (Å²) < 4.78 is 0. The highest BCUT2D eigenvalue weighted by atomic mass is 32.2. The number of nitrogens with zero attached hydrogens (tertiary/aromatic N) is 1. The summed E-state index contributed by atoms with van der Waals surface area (Å²) in [5.41, 5.74) is 2.85. The Kier molecular flexibility index (Phi) is 6.05.